The summed E-state index contributed by atoms with van der Waals surface area (Å²) < 4.78 is 6.44. The van der Waals surface area contributed by atoms with Crippen LogP contribution in [0.3, 0.4) is 0 Å². The van der Waals surface area contributed by atoms with Gasteiger partial charge in [-0.05, 0) is 80.6 Å². The van der Waals surface area contributed by atoms with Crippen LogP contribution in [0.2, 0.25) is 0 Å². The van der Waals surface area contributed by atoms with Crippen molar-refractivity contribution in [1.82, 2.24) is 19.9 Å². The van der Waals surface area contributed by atoms with E-state index in [2.05, 4.69) is 58.9 Å². The maximum atomic E-state index is 5.26. The number of benzene rings is 2. The molecule has 0 atom stereocenters. The second kappa shape index (κ2) is 9.43. The first-order chi connectivity index (χ1) is 16.9. The Morgan fingerprint density at radius 2 is 1.89 bits per heavy atom. The van der Waals surface area contributed by atoms with Crippen LogP contribution in [0.1, 0.15) is 28.8 Å². The summed E-state index contributed by atoms with van der Waals surface area (Å²) in [5, 5.41) is 4.35. The monoisotopic (exact) mass is 481 g/mol. The van der Waals surface area contributed by atoms with Crippen molar-refractivity contribution in [2.24, 2.45) is 0 Å². The number of fused-ring (bicyclic) bond motifs is 2. The van der Waals surface area contributed by atoms with Crippen LogP contribution >= 0.6 is 11.3 Å². The van der Waals surface area contributed by atoms with Crippen molar-refractivity contribution in [2.75, 3.05) is 12.4 Å². The molecule has 176 valence electrons. The Kier molecular flexibility index (Phi) is 6.17. The largest absolute Gasteiger partial charge is 0.480 e. The van der Waals surface area contributed by atoms with Gasteiger partial charge < -0.3 is 10.1 Å². The maximum absolute atomic E-state index is 5.26. The molecule has 3 aromatic heterocycles. The average Bonchev–Trinajstić information content (AvgIpc) is 3.26. The summed E-state index contributed by atoms with van der Waals surface area (Å²) in [6.07, 6.45) is 5.21. The second-order valence-electron chi connectivity index (χ2n) is 8.79. The van der Waals surface area contributed by atoms with Gasteiger partial charge in [0.05, 0.1) is 34.6 Å². The van der Waals surface area contributed by atoms with E-state index in [4.69, 9.17) is 9.72 Å². The molecule has 0 aliphatic heterocycles. The number of rotatable bonds is 7. The Balaban J connectivity index is 1.42. The Hall–Kier alpha value is -3.84. The summed E-state index contributed by atoms with van der Waals surface area (Å²) in [7, 11) is 1.60. The number of anilines is 1. The van der Waals surface area contributed by atoms with Gasteiger partial charge in [0, 0.05) is 28.8 Å². The molecular formula is C28H27N5OS. The molecule has 1 N–H and O–H groups in total. The summed E-state index contributed by atoms with van der Waals surface area (Å²) >= 11 is 1.70. The first kappa shape index (κ1) is 22.9. The smallest absolute Gasteiger partial charge is 0.232 e. The van der Waals surface area contributed by atoms with Crippen LogP contribution < -0.4 is 10.1 Å². The fourth-order valence-corrected chi connectivity index (χ4v) is 5.35. The second-order valence-corrected chi connectivity index (χ2v) is 9.82. The highest BCUT2D eigenvalue weighted by Crippen LogP contribution is 2.36. The van der Waals surface area contributed by atoms with Crippen molar-refractivity contribution >= 4 is 38.3 Å². The van der Waals surface area contributed by atoms with Gasteiger partial charge in [-0.25, -0.2) is 15.0 Å². The number of hydrogen-bond donors (Lipinski definition) is 1. The van der Waals surface area contributed by atoms with Gasteiger partial charge in [0.1, 0.15) is 5.01 Å². The molecule has 0 amide bonds. The average molecular weight is 482 g/mol. The fraction of sp³-hybridized carbons (Fsp3) is 0.214. The number of allylic oxidation sites excluding steroid dienone is 1. The minimum absolute atomic E-state index is 0.508. The molecule has 0 unspecified atom stereocenters. The summed E-state index contributed by atoms with van der Waals surface area (Å²) in [5.74, 6) is 0.508. The summed E-state index contributed by atoms with van der Waals surface area (Å²) in [6, 6.07) is 12.6. The number of aromatic nitrogens is 4. The molecule has 6 nitrogen and oxygen atoms in total. The third kappa shape index (κ3) is 4.86. The van der Waals surface area contributed by atoms with Gasteiger partial charge in [-0.2, -0.15) is 0 Å². The van der Waals surface area contributed by atoms with Gasteiger partial charge in [-0.15, -0.1) is 11.3 Å². The number of methoxy groups -OCH3 is 1. The van der Waals surface area contributed by atoms with Crippen molar-refractivity contribution < 1.29 is 4.74 Å². The minimum Gasteiger partial charge on any atom is -0.480 e. The molecular weight excluding hydrogens is 454 g/mol. The number of ether oxygens (including phenoxy) is 1. The topological polar surface area (TPSA) is 72.8 Å². The van der Waals surface area contributed by atoms with Crippen LogP contribution in [0.4, 0.5) is 5.69 Å². The van der Waals surface area contributed by atoms with Crippen LogP contribution in [-0.2, 0) is 6.42 Å². The molecule has 0 bridgehead atoms. The first-order valence-corrected chi connectivity index (χ1v) is 12.3. The van der Waals surface area contributed by atoms with E-state index in [0.717, 1.165) is 62.6 Å². The van der Waals surface area contributed by atoms with E-state index in [0.29, 0.717) is 5.88 Å². The number of nitrogens with zero attached hydrogens (tertiary/aromatic N) is 4. The van der Waals surface area contributed by atoms with Crippen LogP contribution in [0.15, 0.2) is 61.1 Å². The molecule has 0 fully saturated rings. The lowest BCUT2D eigenvalue weighted by atomic mass is 10.0. The molecule has 0 saturated heterocycles. The van der Waals surface area contributed by atoms with E-state index in [1.807, 2.05) is 31.3 Å². The number of thiazole rings is 1. The number of nitrogens with one attached hydrogen (secondary N) is 1. The number of pyridine rings is 1. The Bertz CT molecular complexity index is 1570. The summed E-state index contributed by atoms with van der Waals surface area (Å²) in [6.45, 7) is 10.4. The third-order valence-corrected chi connectivity index (χ3v) is 6.92. The van der Waals surface area contributed by atoms with Gasteiger partial charge in [0.2, 0.25) is 5.88 Å². The molecule has 0 aliphatic rings. The van der Waals surface area contributed by atoms with Crippen LogP contribution in [0.25, 0.3) is 31.8 Å². The number of aryl methyl sites for hydroxylation is 4. The predicted octanol–water partition coefficient (Wildman–Crippen LogP) is 6.79. The lowest BCUT2D eigenvalue weighted by Crippen LogP contribution is -2.00. The van der Waals surface area contributed by atoms with Gasteiger partial charge in [-0.3, -0.25) is 4.98 Å². The Labute approximate surface area is 208 Å². The highest BCUT2D eigenvalue weighted by Gasteiger charge is 2.15. The van der Waals surface area contributed by atoms with Crippen molar-refractivity contribution in [3.05, 3.63) is 83.5 Å². The van der Waals surface area contributed by atoms with Crippen molar-refractivity contribution in [3.8, 4) is 16.5 Å². The summed E-state index contributed by atoms with van der Waals surface area (Å²) in [4.78, 5) is 18.4. The van der Waals surface area contributed by atoms with E-state index in [1.165, 1.54) is 15.8 Å². The highest BCUT2D eigenvalue weighted by molar-refractivity contribution is 7.21. The molecule has 0 radical (unpaired) electrons. The van der Waals surface area contributed by atoms with Crippen molar-refractivity contribution in [1.29, 1.82) is 0 Å². The van der Waals surface area contributed by atoms with E-state index in [9.17, 15) is 0 Å². The van der Waals surface area contributed by atoms with E-state index < -0.39 is 0 Å². The quantitative estimate of drug-likeness (QED) is 0.276. The minimum atomic E-state index is 0.508. The lowest BCUT2D eigenvalue weighted by Gasteiger charge is -2.10. The number of hydrogen-bond acceptors (Lipinski definition) is 7. The zero-order chi connectivity index (χ0) is 24.5. The van der Waals surface area contributed by atoms with Gasteiger partial charge in [-0.1, -0.05) is 12.6 Å². The van der Waals surface area contributed by atoms with E-state index >= 15 is 0 Å². The normalized spacial score (nSPS) is 11.2. The zero-order valence-electron chi connectivity index (χ0n) is 20.3. The Morgan fingerprint density at radius 1 is 1.03 bits per heavy atom. The molecule has 0 saturated carbocycles. The maximum Gasteiger partial charge on any atom is 0.232 e. The van der Waals surface area contributed by atoms with E-state index in [1.54, 1.807) is 24.6 Å². The zero-order valence-corrected chi connectivity index (χ0v) is 21.2. The fourth-order valence-electron chi connectivity index (χ4n) is 4.22. The SMILES string of the molecule is C=C(CCc1cc(C)c2nc(-c3cc(C)cc4nc(OC)cnc34)sc2c1)Nc1ccnc(C)c1. The van der Waals surface area contributed by atoms with Crippen LogP contribution in [-0.4, -0.2) is 27.0 Å². The lowest BCUT2D eigenvalue weighted by molar-refractivity contribution is 0.397. The van der Waals surface area contributed by atoms with Crippen molar-refractivity contribution in [3.63, 3.8) is 0 Å². The first-order valence-electron chi connectivity index (χ1n) is 11.5. The predicted molar refractivity (Wildman–Crippen MR) is 144 cm³/mol. The standard InChI is InChI=1S/C28H27N5OS/c1-16-10-22(27-23(11-16)32-25(34-5)15-30-27)28-33-26-17(2)12-20(14-24(26)35-28)7-6-18(3)31-21-8-9-29-19(4)13-21/h8-15H,3,6-7H2,1-2,4-5H3,(H,29,31). The summed E-state index contributed by atoms with van der Waals surface area (Å²) in [5.41, 5.74) is 10.2. The molecule has 0 spiro atoms. The molecule has 3 heterocycles. The highest BCUT2D eigenvalue weighted by atomic mass is 32.1. The van der Waals surface area contributed by atoms with Gasteiger partial charge in [0.15, 0.2) is 0 Å². The molecule has 35 heavy (non-hydrogen) atoms. The molecule has 0 aliphatic carbocycles. The van der Waals surface area contributed by atoms with Crippen LogP contribution in [0, 0.1) is 20.8 Å². The molecule has 2 aromatic carbocycles. The third-order valence-electron chi connectivity index (χ3n) is 5.89. The molecule has 5 aromatic rings. The Morgan fingerprint density at radius 3 is 2.69 bits per heavy atom. The van der Waals surface area contributed by atoms with E-state index in [-0.39, 0.29) is 0 Å². The van der Waals surface area contributed by atoms with Crippen LogP contribution in [0.5, 0.6) is 5.88 Å². The molecule has 5 rings (SSSR count). The molecule has 7 heteroatoms. The van der Waals surface area contributed by atoms with Crippen molar-refractivity contribution in [2.45, 2.75) is 33.6 Å². The van der Waals surface area contributed by atoms with Gasteiger partial charge in [0.25, 0.3) is 0 Å². The van der Waals surface area contributed by atoms with Gasteiger partial charge >= 0.3 is 0 Å².